The molecule has 6 heteroatoms. The summed E-state index contributed by atoms with van der Waals surface area (Å²) in [5, 5.41) is 2.63. The second-order valence-corrected chi connectivity index (χ2v) is 6.41. The number of hydrogen-bond acceptors (Lipinski definition) is 3. The molecule has 1 aliphatic carbocycles. The van der Waals surface area contributed by atoms with Crippen LogP contribution in [0.3, 0.4) is 0 Å². The van der Waals surface area contributed by atoms with E-state index < -0.39 is 11.2 Å². The highest BCUT2D eigenvalue weighted by atomic mass is 32.1. The Morgan fingerprint density at radius 3 is 2.45 bits per heavy atom. The number of nitrogens with zero attached hydrogens (tertiary/aromatic N) is 1. The van der Waals surface area contributed by atoms with Crippen LogP contribution in [0.15, 0.2) is 6.20 Å². The van der Waals surface area contributed by atoms with E-state index in [1.807, 2.05) is 6.92 Å². The van der Waals surface area contributed by atoms with Crippen molar-refractivity contribution in [2.75, 3.05) is 6.54 Å². The summed E-state index contributed by atoms with van der Waals surface area (Å²) in [6.45, 7) is 2.76. The van der Waals surface area contributed by atoms with Crippen LogP contribution in [0.5, 0.6) is 0 Å². The van der Waals surface area contributed by atoms with E-state index in [2.05, 4.69) is 10.3 Å². The Labute approximate surface area is 121 Å². The standard InChI is InChI=1S/C14H21F3N2S/c1-2-18-12(10-7-5-3-4-6-8-10)11-9-19-13(20-11)14(15,16)17/h9-10,12,18H,2-8H2,1H3. The van der Waals surface area contributed by atoms with Gasteiger partial charge in [-0.2, -0.15) is 13.2 Å². The summed E-state index contributed by atoms with van der Waals surface area (Å²) >= 11 is 0.790. The number of aromatic nitrogens is 1. The maximum Gasteiger partial charge on any atom is 0.443 e. The molecular formula is C14H21F3N2S. The molecule has 0 saturated heterocycles. The quantitative estimate of drug-likeness (QED) is 0.810. The second-order valence-electron chi connectivity index (χ2n) is 5.35. The van der Waals surface area contributed by atoms with Crippen LogP contribution in [0, 0.1) is 5.92 Å². The first-order valence-electron chi connectivity index (χ1n) is 7.28. The second kappa shape index (κ2) is 6.89. The Kier molecular flexibility index (Phi) is 5.43. The van der Waals surface area contributed by atoms with Gasteiger partial charge in [0, 0.05) is 17.1 Å². The van der Waals surface area contributed by atoms with Crippen LogP contribution >= 0.6 is 11.3 Å². The van der Waals surface area contributed by atoms with Crippen LogP contribution < -0.4 is 5.32 Å². The third-order valence-electron chi connectivity index (χ3n) is 3.87. The lowest BCUT2D eigenvalue weighted by Gasteiger charge is -2.25. The molecule has 1 aliphatic rings. The van der Waals surface area contributed by atoms with Gasteiger partial charge in [-0.15, -0.1) is 11.3 Å². The molecule has 1 unspecified atom stereocenters. The van der Waals surface area contributed by atoms with Crippen molar-refractivity contribution in [3.63, 3.8) is 0 Å². The molecule has 0 spiro atoms. The zero-order valence-electron chi connectivity index (χ0n) is 11.7. The Balaban J connectivity index is 2.16. The number of rotatable bonds is 4. The summed E-state index contributed by atoms with van der Waals surface area (Å²) in [4.78, 5) is 4.29. The van der Waals surface area contributed by atoms with Gasteiger partial charge < -0.3 is 5.32 Å². The van der Waals surface area contributed by atoms with Crippen molar-refractivity contribution in [3.8, 4) is 0 Å². The summed E-state index contributed by atoms with van der Waals surface area (Å²) in [5.41, 5.74) is 0. The third-order valence-corrected chi connectivity index (χ3v) is 4.99. The molecule has 20 heavy (non-hydrogen) atoms. The smallest absolute Gasteiger partial charge is 0.309 e. The molecule has 1 fully saturated rings. The molecule has 1 N–H and O–H groups in total. The van der Waals surface area contributed by atoms with Crippen molar-refractivity contribution < 1.29 is 13.2 Å². The van der Waals surface area contributed by atoms with Gasteiger partial charge >= 0.3 is 6.18 Å². The molecule has 2 nitrogen and oxygen atoms in total. The molecule has 0 radical (unpaired) electrons. The van der Waals surface area contributed by atoms with Crippen molar-refractivity contribution in [2.45, 2.75) is 57.7 Å². The van der Waals surface area contributed by atoms with Gasteiger partial charge in [0.1, 0.15) is 0 Å². The number of nitrogens with one attached hydrogen (secondary N) is 1. The van der Waals surface area contributed by atoms with E-state index in [-0.39, 0.29) is 6.04 Å². The topological polar surface area (TPSA) is 24.9 Å². The minimum Gasteiger partial charge on any atom is -0.309 e. The Bertz CT molecular complexity index is 409. The predicted molar refractivity (Wildman–Crippen MR) is 74.7 cm³/mol. The molecule has 1 aromatic heterocycles. The SMILES string of the molecule is CCNC(c1cnc(C(F)(F)F)s1)C1CCCCCC1. The lowest BCUT2D eigenvalue weighted by Crippen LogP contribution is -2.27. The third kappa shape index (κ3) is 3.95. The van der Waals surface area contributed by atoms with Gasteiger partial charge in [0.2, 0.25) is 0 Å². The summed E-state index contributed by atoms with van der Waals surface area (Å²) in [5.74, 6) is 0.430. The highest BCUT2D eigenvalue weighted by Crippen LogP contribution is 2.39. The lowest BCUT2D eigenvalue weighted by molar-refractivity contribution is -0.137. The minimum atomic E-state index is -4.33. The molecule has 1 saturated carbocycles. The molecule has 1 heterocycles. The molecule has 1 aromatic rings. The maximum absolute atomic E-state index is 12.7. The van der Waals surface area contributed by atoms with E-state index in [0.29, 0.717) is 5.92 Å². The zero-order valence-corrected chi connectivity index (χ0v) is 12.5. The van der Waals surface area contributed by atoms with Gasteiger partial charge in [-0.05, 0) is 25.3 Å². The fourth-order valence-electron chi connectivity index (χ4n) is 2.93. The Hall–Kier alpha value is -0.620. The van der Waals surface area contributed by atoms with Crippen molar-refractivity contribution in [3.05, 3.63) is 16.1 Å². The van der Waals surface area contributed by atoms with Crippen molar-refractivity contribution in [2.24, 2.45) is 5.92 Å². The Morgan fingerprint density at radius 2 is 1.95 bits per heavy atom. The first kappa shape index (κ1) is 15.8. The van der Waals surface area contributed by atoms with E-state index >= 15 is 0 Å². The average Bonchev–Trinajstić information content (AvgIpc) is 2.73. The molecule has 0 aliphatic heterocycles. The fraction of sp³-hybridized carbons (Fsp3) is 0.786. The first-order valence-corrected chi connectivity index (χ1v) is 8.10. The number of hydrogen-bond donors (Lipinski definition) is 1. The van der Waals surface area contributed by atoms with Gasteiger partial charge in [0.25, 0.3) is 0 Å². The lowest BCUT2D eigenvalue weighted by atomic mass is 9.91. The van der Waals surface area contributed by atoms with E-state index in [0.717, 1.165) is 35.6 Å². The highest BCUT2D eigenvalue weighted by molar-refractivity contribution is 7.11. The van der Waals surface area contributed by atoms with Crippen LogP contribution in [-0.4, -0.2) is 11.5 Å². The van der Waals surface area contributed by atoms with Crippen molar-refractivity contribution >= 4 is 11.3 Å². The predicted octanol–water partition coefficient (Wildman–Crippen LogP) is 4.78. The van der Waals surface area contributed by atoms with Crippen molar-refractivity contribution in [1.82, 2.24) is 10.3 Å². The average molecular weight is 306 g/mol. The van der Waals surface area contributed by atoms with Crippen LogP contribution in [0.4, 0.5) is 13.2 Å². The van der Waals surface area contributed by atoms with Crippen LogP contribution in [0.25, 0.3) is 0 Å². The minimum absolute atomic E-state index is 0.0201. The van der Waals surface area contributed by atoms with Gasteiger partial charge in [0.15, 0.2) is 5.01 Å². The van der Waals surface area contributed by atoms with Gasteiger partial charge in [0.05, 0.1) is 0 Å². The molecule has 2 rings (SSSR count). The maximum atomic E-state index is 12.7. The normalized spacial score (nSPS) is 19.8. The van der Waals surface area contributed by atoms with E-state index in [9.17, 15) is 13.2 Å². The first-order chi connectivity index (χ1) is 9.52. The van der Waals surface area contributed by atoms with E-state index in [4.69, 9.17) is 0 Å². The molecule has 0 aromatic carbocycles. The van der Waals surface area contributed by atoms with Crippen molar-refractivity contribution in [1.29, 1.82) is 0 Å². The monoisotopic (exact) mass is 306 g/mol. The number of alkyl halides is 3. The largest absolute Gasteiger partial charge is 0.443 e. The van der Waals surface area contributed by atoms with Crippen LogP contribution in [0.2, 0.25) is 0 Å². The van der Waals surface area contributed by atoms with Crippen LogP contribution in [-0.2, 0) is 6.18 Å². The molecular weight excluding hydrogens is 285 g/mol. The number of thiazole rings is 1. The van der Waals surface area contributed by atoms with E-state index in [1.54, 1.807) is 0 Å². The summed E-state index contributed by atoms with van der Waals surface area (Å²) < 4.78 is 38.1. The summed E-state index contributed by atoms with van der Waals surface area (Å²) in [6, 6.07) is 0.0201. The fourth-order valence-corrected chi connectivity index (χ4v) is 3.88. The Morgan fingerprint density at radius 1 is 1.30 bits per heavy atom. The van der Waals surface area contributed by atoms with Crippen LogP contribution in [0.1, 0.15) is 61.4 Å². The van der Waals surface area contributed by atoms with Gasteiger partial charge in [-0.1, -0.05) is 32.6 Å². The molecule has 0 bridgehead atoms. The zero-order chi connectivity index (χ0) is 14.6. The molecule has 114 valence electrons. The summed E-state index contributed by atoms with van der Waals surface area (Å²) in [7, 11) is 0. The van der Waals surface area contributed by atoms with Gasteiger partial charge in [-0.3, -0.25) is 0 Å². The summed E-state index contributed by atoms with van der Waals surface area (Å²) in [6.07, 6.45) is 4.11. The van der Waals surface area contributed by atoms with E-state index in [1.165, 1.54) is 31.9 Å². The molecule has 0 amide bonds. The molecule has 1 atom stereocenters. The van der Waals surface area contributed by atoms with Gasteiger partial charge in [-0.25, -0.2) is 4.98 Å². The highest BCUT2D eigenvalue weighted by Gasteiger charge is 2.36. The number of halogens is 3.